The highest BCUT2D eigenvalue weighted by Gasteiger charge is 2.16. The molecule has 2 N–H and O–H groups in total. The molecule has 0 aliphatic heterocycles. The average Bonchev–Trinajstić information content (AvgIpc) is 1.81. The standard InChI is InChI=1S/C8H19NO3S/c1-4-5-8(6-7(2)3)12-13(9,10)11/h7-8H,4-6H2,1-3H3,(H2,9,10,11). The molecule has 5 heteroatoms. The third-order valence-electron chi connectivity index (χ3n) is 1.62. The summed E-state index contributed by atoms with van der Waals surface area (Å²) in [5, 5.41) is 4.79. The van der Waals surface area contributed by atoms with E-state index in [4.69, 9.17) is 9.32 Å². The van der Waals surface area contributed by atoms with Crippen LogP contribution in [0.3, 0.4) is 0 Å². The van der Waals surface area contributed by atoms with Crippen molar-refractivity contribution in [2.45, 2.75) is 46.1 Å². The van der Waals surface area contributed by atoms with Gasteiger partial charge in [-0.2, -0.15) is 8.42 Å². The zero-order chi connectivity index (χ0) is 10.5. The molecule has 4 nitrogen and oxygen atoms in total. The number of nitrogens with two attached hydrogens (primary N) is 1. The molecular weight excluding hydrogens is 190 g/mol. The molecule has 0 saturated carbocycles. The fourth-order valence-electron chi connectivity index (χ4n) is 1.24. The van der Waals surface area contributed by atoms with Crippen LogP contribution in [0.25, 0.3) is 0 Å². The van der Waals surface area contributed by atoms with Crippen LogP contribution in [0.5, 0.6) is 0 Å². The third kappa shape index (κ3) is 8.21. The van der Waals surface area contributed by atoms with Gasteiger partial charge in [0, 0.05) is 0 Å². The summed E-state index contributed by atoms with van der Waals surface area (Å²) in [6.07, 6.45) is 2.09. The highest BCUT2D eigenvalue weighted by atomic mass is 32.2. The minimum atomic E-state index is -3.79. The molecular formula is C8H19NO3S. The Morgan fingerprint density at radius 1 is 1.38 bits per heavy atom. The Hall–Kier alpha value is -0.130. The lowest BCUT2D eigenvalue weighted by Gasteiger charge is -2.16. The van der Waals surface area contributed by atoms with Gasteiger partial charge in [-0.3, -0.25) is 4.18 Å². The molecule has 0 rings (SSSR count). The molecule has 0 amide bonds. The van der Waals surface area contributed by atoms with Crippen LogP contribution in [-0.2, 0) is 14.5 Å². The van der Waals surface area contributed by atoms with Gasteiger partial charge in [0.25, 0.3) is 0 Å². The lowest BCUT2D eigenvalue weighted by molar-refractivity contribution is 0.171. The summed E-state index contributed by atoms with van der Waals surface area (Å²) < 4.78 is 26.0. The largest absolute Gasteiger partial charge is 0.333 e. The minimum absolute atomic E-state index is 0.264. The van der Waals surface area contributed by atoms with E-state index in [1.165, 1.54) is 0 Å². The Labute approximate surface area is 80.7 Å². The topological polar surface area (TPSA) is 69.4 Å². The van der Waals surface area contributed by atoms with Crippen LogP contribution in [0.1, 0.15) is 40.0 Å². The van der Waals surface area contributed by atoms with Gasteiger partial charge in [0.15, 0.2) is 0 Å². The van der Waals surface area contributed by atoms with Crippen molar-refractivity contribution in [3.05, 3.63) is 0 Å². The normalized spacial score (nSPS) is 14.8. The molecule has 1 atom stereocenters. The number of hydrogen-bond donors (Lipinski definition) is 1. The molecule has 0 heterocycles. The van der Waals surface area contributed by atoms with E-state index in [1.807, 2.05) is 20.8 Å². The van der Waals surface area contributed by atoms with Crippen LogP contribution in [0.4, 0.5) is 0 Å². The first-order valence-electron chi connectivity index (χ1n) is 4.56. The Balaban J connectivity index is 4.10. The van der Waals surface area contributed by atoms with E-state index >= 15 is 0 Å². The van der Waals surface area contributed by atoms with Gasteiger partial charge in [-0.1, -0.05) is 27.2 Å². The van der Waals surface area contributed by atoms with E-state index in [9.17, 15) is 8.42 Å². The van der Waals surface area contributed by atoms with E-state index in [0.29, 0.717) is 5.92 Å². The molecule has 0 spiro atoms. The monoisotopic (exact) mass is 209 g/mol. The van der Waals surface area contributed by atoms with Crippen molar-refractivity contribution >= 4 is 10.3 Å². The molecule has 0 aromatic heterocycles. The highest BCUT2D eigenvalue weighted by molar-refractivity contribution is 7.84. The molecule has 0 aromatic carbocycles. The first kappa shape index (κ1) is 12.9. The van der Waals surface area contributed by atoms with Crippen LogP contribution in [0.2, 0.25) is 0 Å². The summed E-state index contributed by atoms with van der Waals surface area (Å²) in [7, 11) is -3.79. The first-order valence-corrected chi connectivity index (χ1v) is 6.03. The highest BCUT2D eigenvalue weighted by Crippen LogP contribution is 2.14. The van der Waals surface area contributed by atoms with Gasteiger partial charge in [0.2, 0.25) is 0 Å². The Kier molecular flexibility index (Phi) is 5.51. The predicted octanol–water partition coefficient (Wildman–Crippen LogP) is 1.42. The molecule has 80 valence electrons. The summed E-state index contributed by atoms with van der Waals surface area (Å²) >= 11 is 0. The van der Waals surface area contributed by atoms with Crippen LogP contribution < -0.4 is 5.14 Å². The molecule has 13 heavy (non-hydrogen) atoms. The molecule has 0 aliphatic rings. The fourth-order valence-corrected chi connectivity index (χ4v) is 1.80. The molecule has 0 bridgehead atoms. The van der Waals surface area contributed by atoms with E-state index in [-0.39, 0.29) is 6.10 Å². The lowest BCUT2D eigenvalue weighted by Crippen LogP contribution is -2.25. The molecule has 0 aliphatic carbocycles. The summed E-state index contributed by atoms with van der Waals surface area (Å²) in [6, 6.07) is 0. The third-order valence-corrected chi connectivity index (χ3v) is 2.16. The summed E-state index contributed by atoms with van der Waals surface area (Å²) in [5.41, 5.74) is 0. The maximum Gasteiger partial charge on any atom is 0.333 e. The quantitative estimate of drug-likeness (QED) is 0.719. The van der Waals surface area contributed by atoms with E-state index in [0.717, 1.165) is 19.3 Å². The molecule has 0 aromatic rings. The van der Waals surface area contributed by atoms with Gasteiger partial charge in [-0.25, -0.2) is 5.14 Å². The maximum absolute atomic E-state index is 10.7. The van der Waals surface area contributed by atoms with Gasteiger partial charge in [-0.15, -0.1) is 0 Å². The fraction of sp³-hybridized carbons (Fsp3) is 1.00. The van der Waals surface area contributed by atoms with Crippen molar-refractivity contribution in [2.75, 3.05) is 0 Å². The first-order chi connectivity index (χ1) is 5.85. The second-order valence-corrected chi connectivity index (χ2v) is 4.81. The molecule has 0 radical (unpaired) electrons. The average molecular weight is 209 g/mol. The SMILES string of the molecule is CCCC(CC(C)C)OS(N)(=O)=O. The minimum Gasteiger partial charge on any atom is -0.255 e. The summed E-state index contributed by atoms with van der Waals surface area (Å²) in [5.74, 6) is 0.415. The van der Waals surface area contributed by atoms with E-state index in [2.05, 4.69) is 0 Å². The molecule has 0 fully saturated rings. The van der Waals surface area contributed by atoms with Crippen LogP contribution in [0.15, 0.2) is 0 Å². The van der Waals surface area contributed by atoms with Crippen LogP contribution >= 0.6 is 0 Å². The van der Waals surface area contributed by atoms with Crippen molar-refractivity contribution in [3.63, 3.8) is 0 Å². The van der Waals surface area contributed by atoms with E-state index in [1.54, 1.807) is 0 Å². The molecule has 1 unspecified atom stereocenters. The maximum atomic E-state index is 10.7. The number of rotatable bonds is 6. The molecule has 0 saturated heterocycles. The van der Waals surface area contributed by atoms with Gasteiger partial charge >= 0.3 is 10.3 Å². The second-order valence-electron chi connectivity index (χ2n) is 3.63. The number of hydrogen-bond acceptors (Lipinski definition) is 3. The van der Waals surface area contributed by atoms with Crippen molar-refractivity contribution in [1.29, 1.82) is 0 Å². The second kappa shape index (κ2) is 5.57. The van der Waals surface area contributed by atoms with Crippen molar-refractivity contribution < 1.29 is 12.6 Å². The van der Waals surface area contributed by atoms with Gasteiger partial charge in [0.1, 0.15) is 0 Å². The Bertz CT molecular complexity index is 224. The van der Waals surface area contributed by atoms with Crippen molar-refractivity contribution in [3.8, 4) is 0 Å². The van der Waals surface area contributed by atoms with E-state index < -0.39 is 10.3 Å². The zero-order valence-electron chi connectivity index (χ0n) is 8.49. The summed E-state index contributed by atoms with van der Waals surface area (Å²) in [6.45, 7) is 6.03. The van der Waals surface area contributed by atoms with Gasteiger partial charge in [0.05, 0.1) is 6.10 Å². The van der Waals surface area contributed by atoms with Gasteiger partial charge in [-0.05, 0) is 18.8 Å². The van der Waals surface area contributed by atoms with Crippen LogP contribution in [0, 0.1) is 5.92 Å². The van der Waals surface area contributed by atoms with Crippen LogP contribution in [-0.4, -0.2) is 14.5 Å². The van der Waals surface area contributed by atoms with Gasteiger partial charge < -0.3 is 0 Å². The smallest absolute Gasteiger partial charge is 0.255 e. The summed E-state index contributed by atoms with van der Waals surface area (Å²) in [4.78, 5) is 0. The van der Waals surface area contributed by atoms with Crippen molar-refractivity contribution in [2.24, 2.45) is 11.1 Å². The zero-order valence-corrected chi connectivity index (χ0v) is 9.30. The Morgan fingerprint density at radius 2 is 1.92 bits per heavy atom. The Morgan fingerprint density at radius 3 is 2.23 bits per heavy atom. The lowest BCUT2D eigenvalue weighted by atomic mass is 10.0. The van der Waals surface area contributed by atoms with Crippen molar-refractivity contribution in [1.82, 2.24) is 0 Å². The predicted molar refractivity (Wildman–Crippen MR) is 52.3 cm³/mol.